The van der Waals surface area contributed by atoms with Crippen molar-refractivity contribution in [2.45, 2.75) is 26.3 Å². The Kier molecular flexibility index (Phi) is 4.92. The summed E-state index contributed by atoms with van der Waals surface area (Å²) >= 11 is 0. The van der Waals surface area contributed by atoms with Gasteiger partial charge in [0.15, 0.2) is 5.76 Å². The molecule has 130 valence electrons. The highest BCUT2D eigenvalue weighted by Crippen LogP contribution is 2.23. The number of aromatic nitrogens is 2. The van der Waals surface area contributed by atoms with Gasteiger partial charge in [-0.05, 0) is 35.7 Å². The maximum absolute atomic E-state index is 12.9. The van der Waals surface area contributed by atoms with Crippen molar-refractivity contribution in [2.75, 3.05) is 0 Å². The van der Waals surface area contributed by atoms with Crippen LogP contribution < -0.4 is 5.32 Å². The summed E-state index contributed by atoms with van der Waals surface area (Å²) in [5.74, 6) is 0.646. The van der Waals surface area contributed by atoms with Crippen molar-refractivity contribution >= 4 is 5.91 Å². The minimum atomic E-state index is -0.427. The fourth-order valence-electron chi connectivity index (χ4n) is 2.39. The molecule has 2 aromatic heterocycles. The number of carbonyl (C=O) groups is 1. The Morgan fingerprint density at radius 3 is 2.64 bits per heavy atom. The highest BCUT2D eigenvalue weighted by molar-refractivity contribution is 5.78. The van der Waals surface area contributed by atoms with Crippen molar-refractivity contribution in [2.24, 2.45) is 5.92 Å². The maximum Gasteiger partial charge on any atom is 0.249 e. The van der Waals surface area contributed by atoms with Crippen LogP contribution in [0.1, 0.15) is 31.3 Å². The van der Waals surface area contributed by atoms with Gasteiger partial charge in [0.05, 0.1) is 12.7 Å². The number of benzene rings is 1. The lowest BCUT2D eigenvalue weighted by molar-refractivity contribution is -0.121. The lowest BCUT2D eigenvalue weighted by Gasteiger charge is -2.18. The molecule has 1 unspecified atom stereocenters. The Morgan fingerprint density at radius 1 is 1.24 bits per heavy atom. The van der Waals surface area contributed by atoms with Crippen LogP contribution >= 0.6 is 0 Å². The average Bonchev–Trinajstić information content (AvgIpc) is 3.25. The second-order valence-electron chi connectivity index (χ2n) is 6.03. The van der Waals surface area contributed by atoms with Gasteiger partial charge in [-0.15, -0.1) is 0 Å². The van der Waals surface area contributed by atoms with E-state index >= 15 is 0 Å². The number of carbonyl (C=O) groups excluding carboxylic acids is 1. The Bertz CT molecular complexity index is 826. The number of hydrogen-bond donors (Lipinski definition) is 1. The van der Waals surface area contributed by atoms with E-state index in [1.807, 2.05) is 13.8 Å². The van der Waals surface area contributed by atoms with Gasteiger partial charge in [-0.1, -0.05) is 31.1 Å². The van der Waals surface area contributed by atoms with E-state index in [1.165, 1.54) is 18.4 Å². The molecule has 0 saturated heterocycles. The van der Waals surface area contributed by atoms with Gasteiger partial charge >= 0.3 is 0 Å². The molecular formula is C18H18FN3O3. The van der Waals surface area contributed by atoms with Crippen LogP contribution in [0.15, 0.2) is 51.6 Å². The number of furan rings is 1. The predicted octanol–water partition coefficient (Wildman–Crippen LogP) is 3.52. The molecule has 7 heteroatoms. The van der Waals surface area contributed by atoms with Gasteiger partial charge in [-0.25, -0.2) is 4.39 Å². The Hall–Kier alpha value is -2.96. The fraction of sp³-hybridized carbons (Fsp3) is 0.278. The lowest BCUT2D eigenvalue weighted by Crippen LogP contribution is -2.33. The van der Waals surface area contributed by atoms with Crippen LogP contribution in [0.4, 0.5) is 4.39 Å². The second-order valence-corrected chi connectivity index (χ2v) is 6.03. The Morgan fingerprint density at radius 2 is 2.00 bits per heavy atom. The van der Waals surface area contributed by atoms with Crippen LogP contribution in [0.5, 0.6) is 0 Å². The first-order valence-corrected chi connectivity index (χ1v) is 7.94. The fourth-order valence-corrected chi connectivity index (χ4v) is 2.39. The summed E-state index contributed by atoms with van der Waals surface area (Å²) in [6.45, 7) is 3.89. The SMILES string of the molecule is CC(C)C(NC(=O)Cc1ccc(F)cc1)c1nc(-c2ccco2)no1. The van der Waals surface area contributed by atoms with Crippen LogP contribution in [0.3, 0.4) is 0 Å². The van der Waals surface area contributed by atoms with Crippen LogP contribution in [-0.2, 0) is 11.2 Å². The molecule has 1 amide bonds. The smallest absolute Gasteiger partial charge is 0.249 e. The summed E-state index contributed by atoms with van der Waals surface area (Å²) in [4.78, 5) is 16.6. The molecule has 1 aromatic carbocycles. The number of rotatable bonds is 6. The highest BCUT2D eigenvalue weighted by atomic mass is 19.1. The third-order valence-electron chi connectivity index (χ3n) is 3.71. The van der Waals surface area contributed by atoms with Gasteiger partial charge in [-0.3, -0.25) is 4.79 Å². The summed E-state index contributed by atoms with van der Waals surface area (Å²) in [5, 5.41) is 6.79. The average molecular weight is 343 g/mol. The van der Waals surface area contributed by atoms with Crippen molar-refractivity contribution in [3.63, 3.8) is 0 Å². The van der Waals surface area contributed by atoms with E-state index in [4.69, 9.17) is 8.94 Å². The topological polar surface area (TPSA) is 81.2 Å². The molecule has 0 aliphatic carbocycles. The summed E-state index contributed by atoms with van der Waals surface area (Å²) in [6, 6.07) is 8.86. The Balaban J connectivity index is 1.71. The first-order chi connectivity index (χ1) is 12.0. The first kappa shape index (κ1) is 16.9. The van der Waals surface area contributed by atoms with E-state index in [0.717, 1.165) is 5.56 Å². The van der Waals surface area contributed by atoms with Gasteiger partial charge in [0.1, 0.15) is 11.9 Å². The zero-order chi connectivity index (χ0) is 17.8. The summed E-state index contributed by atoms with van der Waals surface area (Å²) in [7, 11) is 0. The number of hydrogen-bond acceptors (Lipinski definition) is 5. The Labute approximate surface area is 144 Å². The maximum atomic E-state index is 12.9. The number of halogens is 1. The van der Waals surface area contributed by atoms with E-state index < -0.39 is 6.04 Å². The summed E-state index contributed by atoms with van der Waals surface area (Å²) < 4.78 is 23.5. The largest absolute Gasteiger partial charge is 0.461 e. The molecule has 0 saturated carbocycles. The van der Waals surface area contributed by atoms with Crippen LogP contribution in [0, 0.1) is 11.7 Å². The van der Waals surface area contributed by atoms with Crippen molar-refractivity contribution < 1.29 is 18.1 Å². The van der Waals surface area contributed by atoms with E-state index in [0.29, 0.717) is 17.5 Å². The number of amides is 1. The van der Waals surface area contributed by atoms with Gasteiger partial charge in [0.2, 0.25) is 17.6 Å². The summed E-state index contributed by atoms with van der Waals surface area (Å²) in [5.41, 5.74) is 0.725. The van der Waals surface area contributed by atoms with E-state index in [2.05, 4.69) is 15.5 Å². The molecule has 25 heavy (non-hydrogen) atoms. The molecule has 3 aromatic rings. The third kappa shape index (κ3) is 4.12. The van der Waals surface area contributed by atoms with Crippen molar-refractivity contribution in [1.29, 1.82) is 0 Å². The molecule has 0 bridgehead atoms. The van der Waals surface area contributed by atoms with Crippen LogP contribution in [0.2, 0.25) is 0 Å². The second kappa shape index (κ2) is 7.29. The third-order valence-corrected chi connectivity index (χ3v) is 3.71. The van der Waals surface area contributed by atoms with Crippen LogP contribution in [-0.4, -0.2) is 16.0 Å². The van der Waals surface area contributed by atoms with Gasteiger partial charge in [0, 0.05) is 0 Å². The van der Waals surface area contributed by atoms with E-state index in [9.17, 15) is 9.18 Å². The minimum Gasteiger partial charge on any atom is -0.461 e. The van der Waals surface area contributed by atoms with Crippen molar-refractivity contribution in [3.05, 3.63) is 59.9 Å². The normalized spacial score (nSPS) is 12.3. The molecule has 0 spiro atoms. The molecule has 6 nitrogen and oxygen atoms in total. The number of nitrogens with one attached hydrogen (secondary N) is 1. The molecule has 3 rings (SSSR count). The van der Waals surface area contributed by atoms with Gasteiger partial charge in [0.25, 0.3) is 0 Å². The van der Waals surface area contributed by atoms with Gasteiger partial charge in [-0.2, -0.15) is 4.98 Å². The van der Waals surface area contributed by atoms with E-state index in [1.54, 1.807) is 24.3 Å². The molecule has 0 fully saturated rings. The molecule has 1 N–H and O–H groups in total. The first-order valence-electron chi connectivity index (χ1n) is 7.94. The number of nitrogens with zero attached hydrogens (tertiary/aromatic N) is 2. The zero-order valence-corrected chi connectivity index (χ0v) is 13.9. The van der Waals surface area contributed by atoms with Gasteiger partial charge < -0.3 is 14.3 Å². The van der Waals surface area contributed by atoms with Crippen molar-refractivity contribution in [1.82, 2.24) is 15.5 Å². The van der Waals surface area contributed by atoms with Crippen LogP contribution in [0.25, 0.3) is 11.6 Å². The molecule has 2 heterocycles. The molecular weight excluding hydrogens is 325 g/mol. The monoisotopic (exact) mass is 343 g/mol. The molecule has 0 aliphatic rings. The molecule has 0 aliphatic heterocycles. The highest BCUT2D eigenvalue weighted by Gasteiger charge is 2.25. The minimum absolute atomic E-state index is 0.0436. The molecule has 0 radical (unpaired) electrons. The van der Waals surface area contributed by atoms with Crippen molar-refractivity contribution in [3.8, 4) is 11.6 Å². The zero-order valence-electron chi connectivity index (χ0n) is 13.9. The van der Waals surface area contributed by atoms with E-state index in [-0.39, 0.29) is 24.1 Å². The standard InChI is InChI=1S/C18H18FN3O3/c1-11(2)16(18-21-17(22-25-18)14-4-3-9-24-14)20-15(23)10-12-5-7-13(19)8-6-12/h3-9,11,16H,10H2,1-2H3,(H,20,23). The quantitative estimate of drug-likeness (QED) is 0.740. The summed E-state index contributed by atoms with van der Waals surface area (Å²) in [6.07, 6.45) is 1.67. The molecule has 1 atom stereocenters. The lowest BCUT2D eigenvalue weighted by atomic mass is 10.0. The predicted molar refractivity (Wildman–Crippen MR) is 87.8 cm³/mol.